The van der Waals surface area contributed by atoms with Crippen molar-refractivity contribution in [3.63, 3.8) is 0 Å². The summed E-state index contributed by atoms with van der Waals surface area (Å²) in [5.74, 6) is 0.832. The molecule has 4 heterocycles. The summed E-state index contributed by atoms with van der Waals surface area (Å²) in [6, 6.07) is 6.05. The molecule has 3 aromatic rings. The van der Waals surface area contributed by atoms with E-state index in [1.165, 1.54) is 18.4 Å². The van der Waals surface area contributed by atoms with E-state index in [1.54, 1.807) is 6.20 Å². The van der Waals surface area contributed by atoms with Crippen molar-refractivity contribution in [2.45, 2.75) is 38.1 Å². The van der Waals surface area contributed by atoms with Gasteiger partial charge in [0.25, 0.3) is 0 Å². The molecule has 0 radical (unpaired) electrons. The van der Waals surface area contributed by atoms with Crippen LogP contribution in [-0.2, 0) is 11.3 Å². The van der Waals surface area contributed by atoms with Crippen LogP contribution in [0.25, 0.3) is 5.65 Å². The average molecular weight is 426 g/mol. The molecular formula is C20H20BrN5O. The first-order chi connectivity index (χ1) is 13.2. The van der Waals surface area contributed by atoms with Gasteiger partial charge in [-0.15, -0.1) is 0 Å². The van der Waals surface area contributed by atoms with E-state index in [9.17, 15) is 4.79 Å². The lowest BCUT2D eigenvalue weighted by Gasteiger charge is -2.17. The van der Waals surface area contributed by atoms with Gasteiger partial charge in [0.2, 0.25) is 5.91 Å². The highest BCUT2D eigenvalue weighted by atomic mass is 79.9. The number of imidazole rings is 1. The fraction of sp³-hybridized carbons (Fsp3) is 0.350. The lowest BCUT2D eigenvalue weighted by Crippen LogP contribution is -2.24. The minimum Gasteiger partial charge on any atom is -0.379 e. The van der Waals surface area contributed by atoms with Crippen molar-refractivity contribution >= 4 is 38.9 Å². The van der Waals surface area contributed by atoms with Gasteiger partial charge in [-0.2, -0.15) is 0 Å². The minimum absolute atomic E-state index is 0.203. The number of carbonyl (C=O) groups is 1. The largest absolute Gasteiger partial charge is 0.379 e. The van der Waals surface area contributed by atoms with Gasteiger partial charge in [-0.3, -0.25) is 4.79 Å². The number of hydrogen-bond donors (Lipinski definition) is 1. The highest BCUT2D eigenvalue weighted by molar-refractivity contribution is 9.10. The first kappa shape index (κ1) is 16.7. The van der Waals surface area contributed by atoms with Crippen molar-refractivity contribution in [1.29, 1.82) is 0 Å². The topological polar surface area (TPSA) is 62.5 Å². The average Bonchev–Trinajstić information content (AvgIpc) is 3.29. The van der Waals surface area contributed by atoms with Crippen LogP contribution >= 0.6 is 15.9 Å². The number of hydrogen-bond acceptors (Lipinski definition) is 4. The minimum atomic E-state index is 0.203. The van der Waals surface area contributed by atoms with E-state index in [1.807, 2.05) is 17.0 Å². The van der Waals surface area contributed by atoms with Gasteiger partial charge in [0, 0.05) is 37.2 Å². The summed E-state index contributed by atoms with van der Waals surface area (Å²) in [6.07, 6.45) is 10.0. The highest BCUT2D eigenvalue weighted by Gasteiger charge is 2.29. The maximum Gasteiger partial charge on any atom is 0.227 e. The van der Waals surface area contributed by atoms with E-state index in [-0.39, 0.29) is 5.91 Å². The van der Waals surface area contributed by atoms with Crippen LogP contribution in [0.3, 0.4) is 0 Å². The second kappa shape index (κ2) is 6.64. The first-order valence-electron chi connectivity index (χ1n) is 9.35. The molecule has 1 aliphatic carbocycles. The Bertz CT molecular complexity index is 1030. The van der Waals surface area contributed by atoms with Crippen LogP contribution in [0.1, 0.15) is 42.9 Å². The Morgan fingerprint density at radius 3 is 2.89 bits per heavy atom. The van der Waals surface area contributed by atoms with Crippen LogP contribution in [0.5, 0.6) is 0 Å². The number of aromatic nitrogens is 3. The molecule has 1 aliphatic heterocycles. The zero-order valence-electron chi connectivity index (χ0n) is 14.9. The van der Waals surface area contributed by atoms with E-state index >= 15 is 0 Å². The first-order valence-corrected chi connectivity index (χ1v) is 10.1. The second-order valence-electron chi connectivity index (χ2n) is 7.27. The molecule has 2 fully saturated rings. The second-order valence-corrected chi connectivity index (χ2v) is 8.08. The predicted octanol–water partition coefficient (Wildman–Crippen LogP) is 4.11. The summed E-state index contributed by atoms with van der Waals surface area (Å²) in [4.78, 5) is 23.2. The van der Waals surface area contributed by atoms with Gasteiger partial charge in [0.05, 0.1) is 17.9 Å². The predicted molar refractivity (Wildman–Crippen MR) is 108 cm³/mol. The third kappa shape index (κ3) is 3.32. The Kier molecular flexibility index (Phi) is 4.11. The van der Waals surface area contributed by atoms with Gasteiger partial charge >= 0.3 is 0 Å². The van der Waals surface area contributed by atoms with Crippen LogP contribution in [0.4, 0.5) is 11.4 Å². The summed E-state index contributed by atoms with van der Waals surface area (Å²) in [6.45, 7) is 1.40. The summed E-state index contributed by atoms with van der Waals surface area (Å²) in [7, 11) is 0. The van der Waals surface area contributed by atoms with Crippen LogP contribution in [-0.4, -0.2) is 26.8 Å². The molecule has 0 bridgehead atoms. The molecular weight excluding hydrogens is 406 g/mol. The van der Waals surface area contributed by atoms with Crippen molar-refractivity contribution in [2.24, 2.45) is 0 Å². The van der Waals surface area contributed by atoms with Crippen LogP contribution in [0, 0.1) is 0 Å². The van der Waals surface area contributed by atoms with Gasteiger partial charge in [0.15, 0.2) is 5.65 Å². The van der Waals surface area contributed by atoms with E-state index < -0.39 is 0 Å². The summed E-state index contributed by atoms with van der Waals surface area (Å²) in [5, 5.41) is 3.38. The molecule has 1 saturated heterocycles. The van der Waals surface area contributed by atoms with E-state index in [4.69, 9.17) is 4.98 Å². The van der Waals surface area contributed by atoms with Crippen molar-refractivity contribution in [3.05, 3.63) is 52.7 Å². The van der Waals surface area contributed by atoms with E-state index in [2.05, 4.69) is 49.1 Å². The summed E-state index contributed by atoms with van der Waals surface area (Å²) >= 11 is 3.39. The van der Waals surface area contributed by atoms with Gasteiger partial charge in [0.1, 0.15) is 4.60 Å². The highest BCUT2D eigenvalue weighted by Crippen LogP contribution is 2.42. The van der Waals surface area contributed by atoms with Crippen molar-refractivity contribution in [2.75, 3.05) is 16.8 Å². The smallest absolute Gasteiger partial charge is 0.227 e. The molecule has 3 aromatic heterocycles. The molecule has 2 aliphatic rings. The fourth-order valence-corrected chi connectivity index (χ4v) is 4.05. The Labute approximate surface area is 165 Å². The summed E-state index contributed by atoms with van der Waals surface area (Å²) in [5.41, 5.74) is 5.07. The number of nitrogens with zero attached hydrogens (tertiary/aromatic N) is 4. The van der Waals surface area contributed by atoms with Crippen molar-refractivity contribution in [3.8, 4) is 0 Å². The van der Waals surface area contributed by atoms with Crippen LogP contribution in [0.15, 0.2) is 41.4 Å². The molecule has 1 N–H and O–H groups in total. The van der Waals surface area contributed by atoms with Crippen LogP contribution in [0.2, 0.25) is 0 Å². The zero-order chi connectivity index (χ0) is 18.4. The fourth-order valence-electron chi connectivity index (χ4n) is 3.68. The Hall–Kier alpha value is -2.41. The molecule has 7 heteroatoms. The number of nitrogens with one attached hydrogen (secondary N) is 1. The number of halogens is 1. The van der Waals surface area contributed by atoms with Gasteiger partial charge in [-0.25, -0.2) is 9.97 Å². The standard InChI is InChI=1S/C20H20BrN5O/c21-18-9-15(5-6-22-18)23-10-16-12-25-11-14(13-3-4-13)8-17(20(25)24-16)26-7-1-2-19(26)27/h5-6,8-9,11-13H,1-4,7,10H2,(H,22,23). The molecule has 1 amide bonds. The number of rotatable bonds is 5. The lowest BCUT2D eigenvalue weighted by molar-refractivity contribution is -0.117. The molecule has 5 rings (SSSR count). The molecule has 27 heavy (non-hydrogen) atoms. The molecule has 1 saturated carbocycles. The molecule has 0 aromatic carbocycles. The molecule has 6 nitrogen and oxygen atoms in total. The number of amides is 1. The zero-order valence-corrected chi connectivity index (χ0v) is 16.4. The normalized spacial score (nSPS) is 17.1. The van der Waals surface area contributed by atoms with E-state index in [0.717, 1.165) is 40.3 Å². The summed E-state index contributed by atoms with van der Waals surface area (Å²) < 4.78 is 2.89. The number of fused-ring (bicyclic) bond motifs is 1. The maximum absolute atomic E-state index is 12.3. The van der Waals surface area contributed by atoms with Crippen molar-refractivity contribution < 1.29 is 4.79 Å². The van der Waals surface area contributed by atoms with E-state index in [0.29, 0.717) is 18.9 Å². The third-order valence-electron chi connectivity index (χ3n) is 5.22. The SMILES string of the molecule is O=C1CCCN1c1cc(C2CC2)cn2cc(CNc3ccnc(Br)c3)nc12. The Morgan fingerprint density at radius 2 is 2.15 bits per heavy atom. The Morgan fingerprint density at radius 1 is 1.26 bits per heavy atom. The number of carbonyl (C=O) groups excluding carboxylic acids is 1. The van der Waals surface area contributed by atoms with Crippen molar-refractivity contribution in [1.82, 2.24) is 14.4 Å². The Balaban J connectivity index is 1.49. The van der Waals surface area contributed by atoms with Crippen LogP contribution < -0.4 is 10.2 Å². The number of pyridine rings is 2. The van der Waals surface area contributed by atoms with Gasteiger partial charge < -0.3 is 14.6 Å². The monoisotopic (exact) mass is 425 g/mol. The van der Waals surface area contributed by atoms with Gasteiger partial charge in [-0.1, -0.05) is 0 Å². The molecule has 0 unspecified atom stereocenters. The molecule has 138 valence electrons. The van der Waals surface area contributed by atoms with Gasteiger partial charge in [-0.05, 0) is 64.9 Å². The third-order valence-corrected chi connectivity index (χ3v) is 5.65. The maximum atomic E-state index is 12.3. The quantitative estimate of drug-likeness (QED) is 0.624. The number of anilines is 2. The molecule has 0 atom stereocenters. The molecule has 0 spiro atoms. The lowest BCUT2D eigenvalue weighted by atomic mass is 10.1.